The minimum absolute atomic E-state index is 0.198. The summed E-state index contributed by atoms with van der Waals surface area (Å²) in [6.45, 7) is 1.83. The van der Waals surface area contributed by atoms with Crippen LogP contribution in [0.3, 0.4) is 0 Å². The highest BCUT2D eigenvalue weighted by molar-refractivity contribution is 9.10. The lowest BCUT2D eigenvalue weighted by Gasteiger charge is -2.04. The number of hydrazone groups is 1. The number of thioether (sulfide) groups is 1. The van der Waals surface area contributed by atoms with E-state index in [9.17, 15) is 4.79 Å². The van der Waals surface area contributed by atoms with Crippen molar-refractivity contribution in [2.75, 3.05) is 5.75 Å². The zero-order valence-electron chi connectivity index (χ0n) is 16.0. The number of aromatic nitrogens is 3. The van der Waals surface area contributed by atoms with E-state index in [1.807, 2.05) is 85.3 Å². The van der Waals surface area contributed by atoms with Crippen molar-refractivity contribution in [1.82, 2.24) is 20.2 Å². The molecule has 1 aromatic heterocycles. The van der Waals surface area contributed by atoms with Crippen LogP contribution in [-0.4, -0.2) is 32.1 Å². The normalized spacial score (nSPS) is 11.8. The van der Waals surface area contributed by atoms with E-state index < -0.39 is 0 Å². The Bertz CT molecular complexity index is 1030. The fourth-order valence-electron chi connectivity index (χ4n) is 2.42. The maximum Gasteiger partial charge on any atom is 0.250 e. The molecule has 6 nitrogen and oxygen atoms in total. The lowest BCUT2D eigenvalue weighted by atomic mass is 10.2. The first kappa shape index (κ1) is 21.0. The minimum Gasteiger partial charge on any atom is -0.305 e. The van der Waals surface area contributed by atoms with E-state index in [0.717, 1.165) is 21.4 Å². The number of benzene rings is 2. The Kier molecular flexibility index (Phi) is 7.37. The van der Waals surface area contributed by atoms with Gasteiger partial charge in [-0.15, -0.1) is 10.2 Å². The van der Waals surface area contributed by atoms with Crippen molar-refractivity contribution < 1.29 is 4.79 Å². The number of carbonyl (C=O) groups is 1. The first-order chi connectivity index (χ1) is 14.0. The number of amides is 1. The summed E-state index contributed by atoms with van der Waals surface area (Å²) in [4.78, 5) is 12.1. The Hall–Kier alpha value is -2.71. The van der Waals surface area contributed by atoms with Crippen molar-refractivity contribution >= 4 is 45.4 Å². The summed E-state index contributed by atoms with van der Waals surface area (Å²) < 4.78 is 2.88. The number of carbonyl (C=O) groups excluding carboxylic acids is 1. The maximum atomic E-state index is 12.1. The van der Waals surface area contributed by atoms with Crippen LogP contribution in [0.4, 0.5) is 0 Å². The van der Waals surface area contributed by atoms with Crippen LogP contribution in [0.1, 0.15) is 12.5 Å². The van der Waals surface area contributed by atoms with Crippen molar-refractivity contribution in [2.24, 2.45) is 12.1 Å². The molecule has 0 aliphatic heterocycles. The highest BCUT2D eigenvalue weighted by atomic mass is 79.9. The molecule has 3 rings (SSSR count). The summed E-state index contributed by atoms with van der Waals surface area (Å²) in [5.74, 6) is 0.752. The number of hydrogen-bond donors (Lipinski definition) is 1. The molecular formula is C21H20BrN5OS. The van der Waals surface area contributed by atoms with Gasteiger partial charge in [-0.05, 0) is 30.7 Å². The van der Waals surface area contributed by atoms with Crippen LogP contribution in [0.5, 0.6) is 0 Å². The van der Waals surface area contributed by atoms with Gasteiger partial charge in [-0.1, -0.05) is 76.2 Å². The van der Waals surface area contributed by atoms with Crippen molar-refractivity contribution in [3.8, 4) is 11.4 Å². The molecular weight excluding hydrogens is 450 g/mol. The second kappa shape index (κ2) is 10.2. The van der Waals surface area contributed by atoms with E-state index in [4.69, 9.17) is 0 Å². The van der Waals surface area contributed by atoms with Gasteiger partial charge in [-0.25, -0.2) is 5.43 Å². The van der Waals surface area contributed by atoms with Crippen LogP contribution in [0.25, 0.3) is 17.5 Å². The Morgan fingerprint density at radius 3 is 2.62 bits per heavy atom. The molecule has 2 aromatic carbocycles. The molecule has 1 heterocycles. The van der Waals surface area contributed by atoms with Gasteiger partial charge in [0.05, 0.1) is 11.5 Å². The summed E-state index contributed by atoms with van der Waals surface area (Å²) >= 11 is 4.74. The van der Waals surface area contributed by atoms with Crippen molar-refractivity contribution in [1.29, 1.82) is 0 Å². The van der Waals surface area contributed by atoms with Crippen LogP contribution in [0.2, 0.25) is 0 Å². The lowest BCUT2D eigenvalue weighted by Crippen LogP contribution is -2.20. The van der Waals surface area contributed by atoms with E-state index >= 15 is 0 Å². The molecule has 0 fully saturated rings. The Labute approximate surface area is 182 Å². The first-order valence-electron chi connectivity index (χ1n) is 8.87. The van der Waals surface area contributed by atoms with Gasteiger partial charge in [0.25, 0.3) is 5.91 Å². The second-order valence-corrected chi connectivity index (χ2v) is 8.05. The fourth-order valence-corrected chi connectivity index (χ4v) is 3.39. The molecule has 1 amide bonds. The van der Waals surface area contributed by atoms with Crippen LogP contribution in [0.15, 0.2) is 75.4 Å². The van der Waals surface area contributed by atoms with Gasteiger partial charge in [0.1, 0.15) is 0 Å². The molecule has 0 radical (unpaired) electrons. The smallest absolute Gasteiger partial charge is 0.250 e. The molecule has 0 aliphatic rings. The molecule has 1 N–H and O–H groups in total. The number of hydrogen-bond acceptors (Lipinski definition) is 5. The van der Waals surface area contributed by atoms with Gasteiger partial charge in [0.2, 0.25) is 0 Å². The molecule has 0 saturated heterocycles. The summed E-state index contributed by atoms with van der Waals surface area (Å²) in [5.41, 5.74) is 5.32. The number of halogens is 1. The molecule has 0 atom stereocenters. The number of nitrogens with one attached hydrogen (secondary N) is 1. The van der Waals surface area contributed by atoms with Crippen molar-refractivity contribution in [3.63, 3.8) is 0 Å². The van der Waals surface area contributed by atoms with E-state index in [1.165, 1.54) is 11.8 Å². The number of allylic oxidation sites excluding steroid dienone is 1. The van der Waals surface area contributed by atoms with E-state index in [-0.39, 0.29) is 11.7 Å². The SMILES string of the molecule is CC(/C=C/c1ccccc1)=N/NC(=O)CSc1nnc(-c2ccc(Br)cc2)n1C. The van der Waals surface area contributed by atoms with Gasteiger partial charge in [-0.2, -0.15) is 5.10 Å². The largest absolute Gasteiger partial charge is 0.305 e. The number of nitrogens with zero attached hydrogens (tertiary/aromatic N) is 4. The van der Waals surface area contributed by atoms with Gasteiger partial charge in [-0.3, -0.25) is 4.79 Å². The molecule has 8 heteroatoms. The number of rotatable bonds is 7. The molecule has 0 spiro atoms. The van der Waals surface area contributed by atoms with Gasteiger partial charge >= 0.3 is 0 Å². The monoisotopic (exact) mass is 469 g/mol. The summed E-state index contributed by atoms with van der Waals surface area (Å²) in [7, 11) is 1.88. The maximum absolute atomic E-state index is 12.1. The van der Waals surface area contributed by atoms with E-state index in [0.29, 0.717) is 10.9 Å². The van der Waals surface area contributed by atoms with Gasteiger partial charge in [0.15, 0.2) is 11.0 Å². The highest BCUT2D eigenvalue weighted by Gasteiger charge is 2.12. The topological polar surface area (TPSA) is 72.2 Å². The van der Waals surface area contributed by atoms with Gasteiger partial charge in [0, 0.05) is 17.1 Å². The van der Waals surface area contributed by atoms with Gasteiger partial charge < -0.3 is 4.57 Å². The lowest BCUT2D eigenvalue weighted by molar-refractivity contribution is -0.118. The molecule has 0 aliphatic carbocycles. The zero-order valence-corrected chi connectivity index (χ0v) is 18.4. The predicted molar refractivity (Wildman–Crippen MR) is 122 cm³/mol. The van der Waals surface area contributed by atoms with Crippen LogP contribution in [0, 0.1) is 0 Å². The van der Waals surface area contributed by atoms with Crippen LogP contribution < -0.4 is 5.43 Å². The van der Waals surface area contributed by atoms with Crippen LogP contribution in [-0.2, 0) is 11.8 Å². The average Bonchev–Trinajstić information content (AvgIpc) is 3.11. The third kappa shape index (κ3) is 6.13. The van der Waals surface area contributed by atoms with E-state index in [2.05, 4.69) is 36.7 Å². The molecule has 0 unspecified atom stereocenters. The molecule has 0 saturated carbocycles. The summed E-state index contributed by atoms with van der Waals surface area (Å²) in [5, 5.41) is 13.2. The van der Waals surface area contributed by atoms with Crippen molar-refractivity contribution in [3.05, 3.63) is 70.7 Å². The quantitative estimate of drug-likeness (QED) is 0.313. The summed E-state index contributed by atoms with van der Waals surface area (Å²) in [6, 6.07) is 17.8. The second-order valence-electron chi connectivity index (χ2n) is 6.19. The fraction of sp³-hybridized carbons (Fsp3) is 0.143. The third-order valence-corrected chi connectivity index (χ3v) is 5.49. The molecule has 3 aromatic rings. The Balaban J connectivity index is 1.53. The zero-order chi connectivity index (χ0) is 20.6. The standard InChI is InChI=1S/C21H20BrN5OS/c1-15(8-9-16-6-4-3-5-7-16)23-24-19(28)14-29-21-26-25-20(27(21)2)17-10-12-18(22)13-11-17/h3-13H,14H2,1-2H3,(H,24,28)/b9-8+,23-15-. The Morgan fingerprint density at radius 1 is 1.17 bits per heavy atom. The first-order valence-corrected chi connectivity index (χ1v) is 10.6. The summed E-state index contributed by atoms with van der Waals surface area (Å²) in [6.07, 6.45) is 3.80. The molecule has 29 heavy (non-hydrogen) atoms. The van der Waals surface area contributed by atoms with E-state index in [1.54, 1.807) is 0 Å². The predicted octanol–water partition coefficient (Wildman–Crippen LogP) is 4.54. The minimum atomic E-state index is -0.198. The molecule has 0 bridgehead atoms. The highest BCUT2D eigenvalue weighted by Crippen LogP contribution is 2.23. The van der Waals surface area contributed by atoms with Crippen molar-refractivity contribution in [2.45, 2.75) is 12.1 Å². The average molecular weight is 470 g/mol. The third-order valence-electron chi connectivity index (χ3n) is 3.94. The molecule has 148 valence electrons. The Morgan fingerprint density at radius 2 is 1.90 bits per heavy atom. The van der Waals surface area contributed by atoms with Crippen LogP contribution >= 0.6 is 27.7 Å².